The first-order valence-corrected chi connectivity index (χ1v) is 5.81. The SMILES string of the molecule is CC1NNC(CCC(=O)O)C1c1cccnc1. The fraction of sp³-hybridized carbons (Fsp3) is 0.500. The van der Waals surface area contributed by atoms with Crippen LogP contribution in [0.25, 0.3) is 0 Å². The van der Waals surface area contributed by atoms with E-state index in [2.05, 4.69) is 22.8 Å². The van der Waals surface area contributed by atoms with Crippen LogP contribution in [0.4, 0.5) is 0 Å². The second-order valence-electron chi connectivity index (χ2n) is 4.43. The highest BCUT2D eigenvalue weighted by atomic mass is 16.4. The summed E-state index contributed by atoms with van der Waals surface area (Å²) in [6.07, 6.45) is 4.40. The molecular formula is C12H17N3O2. The summed E-state index contributed by atoms with van der Waals surface area (Å²) < 4.78 is 0. The van der Waals surface area contributed by atoms with E-state index in [4.69, 9.17) is 5.11 Å². The minimum Gasteiger partial charge on any atom is -0.481 e. The minimum atomic E-state index is -0.753. The number of aliphatic carboxylic acids is 1. The Hall–Kier alpha value is -1.46. The molecule has 0 amide bonds. The summed E-state index contributed by atoms with van der Waals surface area (Å²) in [5, 5.41) is 8.74. The number of carboxylic acid groups (broad SMARTS) is 1. The molecule has 1 saturated heterocycles. The largest absolute Gasteiger partial charge is 0.481 e. The molecule has 2 heterocycles. The Balaban J connectivity index is 2.09. The van der Waals surface area contributed by atoms with Crippen molar-refractivity contribution in [2.75, 3.05) is 0 Å². The van der Waals surface area contributed by atoms with Gasteiger partial charge in [-0.3, -0.25) is 20.6 Å². The molecule has 3 N–H and O–H groups in total. The van der Waals surface area contributed by atoms with E-state index < -0.39 is 5.97 Å². The molecule has 0 bridgehead atoms. The molecule has 92 valence electrons. The topological polar surface area (TPSA) is 74.2 Å². The van der Waals surface area contributed by atoms with Gasteiger partial charge >= 0.3 is 5.97 Å². The molecule has 1 aliphatic heterocycles. The van der Waals surface area contributed by atoms with Crippen LogP contribution in [0.3, 0.4) is 0 Å². The fourth-order valence-corrected chi connectivity index (χ4v) is 2.39. The van der Waals surface area contributed by atoms with Crippen LogP contribution < -0.4 is 10.9 Å². The molecule has 1 aromatic rings. The molecule has 2 rings (SSSR count). The Kier molecular flexibility index (Phi) is 3.71. The average molecular weight is 235 g/mol. The van der Waals surface area contributed by atoms with Crippen LogP contribution in [0.2, 0.25) is 0 Å². The van der Waals surface area contributed by atoms with E-state index in [1.807, 2.05) is 18.3 Å². The maximum absolute atomic E-state index is 10.6. The van der Waals surface area contributed by atoms with Crippen LogP contribution in [0, 0.1) is 0 Å². The molecule has 5 nitrogen and oxygen atoms in total. The number of nitrogens with zero attached hydrogens (tertiary/aromatic N) is 1. The zero-order chi connectivity index (χ0) is 12.3. The van der Waals surface area contributed by atoms with Crippen LogP contribution in [-0.4, -0.2) is 28.1 Å². The first-order chi connectivity index (χ1) is 8.18. The molecule has 5 heteroatoms. The molecule has 17 heavy (non-hydrogen) atoms. The zero-order valence-electron chi connectivity index (χ0n) is 9.76. The van der Waals surface area contributed by atoms with Gasteiger partial charge in [0.05, 0.1) is 0 Å². The molecule has 3 unspecified atom stereocenters. The lowest BCUT2D eigenvalue weighted by Crippen LogP contribution is -2.32. The highest BCUT2D eigenvalue weighted by molar-refractivity contribution is 5.66. The number of hydrogen-bond donors (Lipinski definition) is 3. The summed E-state index contributed by atoms with van der Waals surface area (Å²) >= 11 is 0. The number of rotatable bonds is 4. The van der Waals surface area contributed by atoms with Gasteiger partial charge in [-0.25, -0.2) is 0 Å². The van der Waals surface area contributed by atoms with Crippen molar-refractivity contribution in [3.63, 3.8) is 0 Å². The third-order valence-corrected chi connectivity index (χ3v) is 3.21. The lowest BCUT2D eigenvalue weighted by molar-refractivity contribution is -0.137. The summed E-state index contributed by atoms with van der Waals surface area (Å²) in [7, 11) is 0. The van der Waals surface area contributed by atoms with Gasteiger partial charge in [0, 0.05) is 36.8 Å². The van der Waals surface area contributed by atoms with Crippen molar-refractivity contribution >= 4 is 5.97 Å². The van der Waals surface area contributed by atoms with Crippen LogP contribution in [0.5, 0.6) is 0 Å². The van der Waals surface area contributed by atoms with E-state index in [1.54, 1.807) is 6.20 Å². The quantitative estimate of drug-likeness (QED) is 0.723. The third kappa shape index (κ3) is 2.81. The lowest BCUT2D eigenvalue weighted by Gasteiger charge is -2.20. The minimum absolute atomic E-state index is 0.144. The molecule has 1 aliphatic rings. The van der Waals surface area contributed by atoms with Crippen LogP contribution in [0.1, 0.15) is 31.2 Å². The molecule has 0 aromatic carbocycles. The van der Waals surface area contributed by atoms with Gasteiger partial charge in [0.1, 0.15) is 0 Å². The Labute approximate surface area is 100 Å². The molecule has 1 aromatic heterocycles. The average Bonchev–Trinajstić information content (AvgIpc) is 2.69. The van der Waals surface area contributed by atoms with Crippen molar-refractivity contribution in [1.29, 1.82) is 0 Å². The number of hydrogen-bond acceptors (Lipinski definition) is 4. The van der Waals surface area contributed by atoms with Gasteiger partial charge in [-0.2, -0.15) is 0 Å². The van der Waals surface area contributed by atoms with Crippen molar-refractivity contribution < 1.29 is 9.90 Å². The lowest BCUT2D eigenvalue weighted by atomic mass is 9.87. The summed E-state index contributed by atoms with van der Waals surface area (Å²) in [4.78, 5) is 14.7. The van der Waals surface area contributed by atoms with Gasteiger partial charge in [0.15, 0.2) is 0 Å². The summed E-state index contributed by atoms with van der Waals surface area (Å²) in [6, 6.07) is 4.37. The van der Waals surface area contributed by atoms with Gasteiger partial charge < -0.3 is 5.11 Å². The van der Waals surface area contributed by atoms with Crippen molar-refractivity contribution in [1.82, 2.24) is 15.8 Å². The summed E-state index contributed by atoms with van der Waals surface area (Å²) in [6.45, 7) is 2.09. The van der Waals surface area contributed by atoms with Crippen LogP contribution >= 0.6 is 0 Å². The molecule has 0 aliphatic carbocycles. The molecular weight excluding hydrogens is 218 g/mol. The zero-order valence-corrected chi connectivity index (χ0v) is 9.76. The van der Waals surface area contributed by atoms with Gasteiger partial charge in [0.2, 0.25) is 0 Å². The number of carbonyl (C=O) groups is 1. The van der Waals surface area contributed by atoms with Crippen LogP contribution in [-0.2, 0) is 4.79 Å². The van der Waals surface area contributed by atoms with E-state index in [9.17, 15) is 4.79 Å². The Morgan fingerprint density at radius 1 is 1.53 bits per heavy atom. The Bertz CT molecular complexity index is 383. The van der Waals surface area contributed by atoms with E-state index in [0.717, 1.165) is 5.56 Å². The highest BCUT2D eigenvalue weighted by Gasteiger charge is 2.34. The van der Waals surface area contributed by atoms with Gasteiger partial charge in [-0.1, -0.05) is 6.07 Å². The van der Waals surface area contributed by atoms with E-state index in [0.29, 0.717) is 6.42 Å². The van der Waals surface area contributed by atoms with E-state index in [1.165, 1.54) is 0 Å². The summed E-state index contributed by atoms with van der Waals surface area (Å²) in [5.74, 6) is -0.487. The number of hydrazine groups is 1. The number of pyridine rings is 1. The highest BCUT2D eigenvalue weighted by Crippen LogP contribution is 2.28. The van der Waals surface area contributed by atoms with Crippen LogP contribution in [0.15, 0.2) is 24.5 Å². The monoisotopic (exact) mass is 235 g/mol. The van der Waals surface area contributed by atoms with E-state index >= 15 is 0 Å². The van der Waals surface area contributed by atoms with Crippen molar-refractivity contribution in [2.45, 2.75) is 37.8 Å². The predicted molar refractivity (Wildman–Crippen MR) is 63.4 cm³/mol. The number of nitrogens with one attached hydrogen (secondary N) is 2. The molecule has 0 spiro atoms. The second kappa shape index (κ2) is 5.25. The molecule has 0 radical (unpaired) electrons. The molecule has 3 atom stereocenters. The maximum Gasteiger partial charge on any atom is 0.303 e. The van der Waals surface area contributed by atoms with Crippen molar-refractivity contribution in [3.05, 3.63) is 30.1 Å². The van der Waals surface area contributed by atoms with Gasteiger partial charge in [-0.15, -0.1) is 0 Å². The van der Waals surface area contributed by atoms with Crippen molar-refractivity contribution in [3.8, 4) is 0 Å². The first kappa shape index (κ1) is 12.0. The van der Waals surface area contributed by atoms with Gasteiger partial charge in [-0.05, 0) is 25.0 Å². The smallest absolute Gasteiger partial charge is 0.303 e. The number of carboxylic acids is 1. The first-order valence-electron chi connectivity index (χ1n) is 5.81. The fourth-order valence-electron chi connectivity index (χ4n) is 2.39. The number of aromatic nitrogens is 1. The Morgan fingerprint density at radius 2 is 2.35 bits per heavy atom. The van der Waals surface area contributed by atoms with Crippen molar-refractivity contribution in [2.24, 2.45) is 0 Å². The predicted octanol–water partition coefficient (Wildman–Crippen LogP) is 0.895. The molecule has 1 fully saturated rings. The normalized spacial score (nSPS) is 28.2. The maximum atomic E-state index is 10.6. The molecule has 0 saturated carbocycles. The van der Waals surface area contributed by atoms with Gasteiger partial charge in [0.25, 0.3) is 0 Å². The second-order valence-corrected chi connectivity index (χ2v) is 4.43. The Morgan fingerprint density at radius 3 is 3.00 bits per heavy atom. The third-order valence-electron chi connectivity index (χ3n) is 3.21. The summed E-state index contributed by atoms with van der Waals surface area (Å²) in [5.41, 5.74) is 7.49. The van der Waals surface area contributed by atoms with E-state index in [-0.39, 0.29) is 24.4 Å². The standard InChI is InChI=1S/C12H17N3O2/c1-8-12(9-3-2-6-13-7-9)10(15-14-8)4-5-11(16)17/h2-3,6-8,10,12,14-15H,4-5H2,1H3,(H,16,17).